The summed E-state index contributed by atoms with van der Waals surface area (Å²) in [5.74, 6) is -5.25. The van der Waals surface area contributed by atoms with Crippen LogP contribution in [0.3, 0.4) is 0 Å². The number of aliphatic carboxylic acids is 3. The predicted octanol–water partition coefficient (Wildman–Crippen LogP) is -2.73. The van der Waals surface area contributed by atoms with Crippen molar-refractivity contribution >= 4 is 64.8 Å². The molecule has 94 valence electrons. The van der Waals surface area contributed by atoms with Crippen LogP contribution >= 0.6 is 0 Å². The van der Waals surface area contributed by atoms with Gasteiger partial charge in [0.2, 0.25) is 5.60 Å². The van der Waals surface area contributed by atoms with Crippen LogP contribution in [0.15, 0.2) is 0 Å². The first-order valence-electron chi connectivity index (χ1n) is 3.78. The quantitative estimate of drug-likeness (QED) is 0.365. The molecule has 0 aromatic carbocycles. The number of hydrogen-bond donors (Lipinski definition) is 4. The molecule has 0 amide bonds. The molecule has 0 saturated heterocycles. The molecule has 17 heavy (non-hydrogen) atoms. The summed E-state index contributed by atoms with van der Waals surface area (Å²) in [6.07, 6.45) is -2.46. The predicted molar refractivity (Wildman–Crippen MR) is 53.2 cm³/mol. The van der Waals surface area contributed by atoms with E-state index in [0.717, 1.165) is 0 Å². The summed E-state index contributed by atoms with van der Waals surface area (Å²) in [5, 5.41) is 25.5. The third-order valence-corrected chi connectivity index (χ3v) is 2.11. The van der Waals surface area contributed by atoms with E-state index < -0.39 is 45.5 Å². The van der Waals surface area contributed by atoms with Gasteiger partial charge in [-0.3, -0.25) is 14.1 Å². The van der Waals surface area contributed by atoms with Crippen molar-refractivity contribution in [2.45, 2.75) is 18.4 Å². The van der Waals surface area contributed by atoms with Crippen LogP contribution in [0, 0.1) is 0 Å². The van der Waals surface area contributed by atoms with Crippen molar-refractivity contribution < 1.29 is 43.4 Å². The van der Waals surface area contributed by atoms with Crippen LogP contribution in [-0.2, 0) is 23.3 Å². The Labute approximate surface area is 126 Å². The summed E-state index contributed by atoms with van der Waals surface area (Å²) in [6.45, 7) is 0. The molecule has 0 aromatic rings. The SMILES string of the molecule is O=C(O)CC(CC(=O)O)(O[Si](=O)O)C(=O)O.[CaH2]. The monoisotopic (exact) mass is 294 g/mol. The van der Waals surface area contributed by atoms with Gasteiger partial charge in [-0.05, 0) is 0 Å². The Hall–Kier alpha value is -0.713. The van der Waals surface area contributed by atoms with Gasteiger partial charge in [0.05, 0.1) is 12.8 Å². The number of carboxylic acid groups (broad SMARTS) is 3. The van der Waals surface area contributed by atoms with Gasteiger partial charge >= 0.3 is 64.8 Å². The molecule has 0 aliphatic rings. The van der Waals surface area contributed by atoms with Gasteiger partial charge in [-0.2, -0.15) is 0 Å². The van der Waals surface area contributed by atoms with Gasteiger partial charge in [0.1, 0.15) is 0 Å². The average molecular weight is 294 g/mol. The van der Waals surface area contributed by atoms with Gasteiger partial charge in [-0.15, -0.1) is 0 Å². The molecule has 9 nitrogen and oxygen atoms in total. The summed E-state index contributed by atoms with van der Waals surface area (Å²) in [4.78, 5) is 39.9. The average Bonchev–Trinajstić information content (AvgIpc) is 1.98. The fourth-order valence-corrected chi connectivity index (χ4v) is 1.55. The molecular weight excluding hydrogens is 284 g/mol. The Bertz CT molecular complexity index is 300. The molecule has 4 N–H and O–H groups in total. The van der Waals surface area contributed by atoms with E-state index in [-0.39, 0.29) is 37.7 Å². The van der Waals surface area contributed by atoms with Crippen molar-refractivity contribution in [3.05, 3.63) is 0 Å². The number of rotatable bonds is 7. The molecular formula is C6H10CaO9Si. The fourth-order valence-electron chi connectivity index (χ4n) is 0.985. The van der Waals surface area contributed by atoms with Gasteiger partial charge in [0, 0.05) is 0 Å². The van der Waals surface area contributed by atoms with Crippen LogP contribution in [0.2, 0.25) is 0 Å². The third-order valence-electron chi connectivity index (χ3n) is 1.55. The second kappa shape index (κ2) is 7.58. The minimum absolute atomic E-state index is 0. The van der Waals surface area contributed by atoms with Crippen LogP contribution in [0.25, 0.3) is 0 Å². The van der Waals surface area contributed by atoms with Gasteiger partial charge < -0.3 is 24.5 Å². The molecule has 0 fully saturated rings. The topological polar surface area (TPSA) is 158 Å². The second-order valence-corrected chi connectivity index (χ2v) is 3.54. The van der Waals surface area contributed by atoms with Crippen LogP contribution in [0.5, 0.6) is 0 Å². The van der Waals surface area contributed by atoms with Crippen molar-refractivity contribution in [1.82, 2.24) is 0 Å². The van der Waals surface area contributed by atoms with Crippen LogP contribution in [0.4, 0.5) is 0 Å². The van der Waals surface area contributed by atoms with E-state index >= 15 is 0 Å². The van der Waals surface area contributed by atoms with E-state index in [4.69, 9.17) is 20.1 Å². The summed E-state index contributed by atoms with van der Waals surface area (Å²) >= 11 is 0. The molecule has 0 rings (SSSR count). The van der Waals surface area contributed by atoms with Gasteiger partial charge in [0.25, 0.3) is 0 Å². The molecule has 0 saturated carbocycles. The molecule has 0 aromatic heterocycles. The zero-order valence-electron chi connectivity index (χ0n) is 7.74. The molecule has 0 radical (unpaired) electrons. The van der Waals surface area contributed by atoms with Crippen molar-refractivity contribution in [1.29, 1.82) is 0 Å². The van der Waals surface area contributed by atoms with Gasteiger partial charge in [0.15, 0.2) is 0 Å². The van der Waals surface area contributed by atoms with Gasteiger partial charge in [-0.1, -0.05) is 0 Å². The van der Waals surface area contributed by atoms with E-state index in [1.807, 2.05) is 0 Å². The molecule has 0 heterocycles. The molecule has 0 aliphatic carbocycles. The first-order valence-corrected chi connectivity index (χ1v) is 5.05. The van der Waals surface area contributed by atoms with Crippen molar-refractivity contribution in [3.63, 3.8) is 0 Å². The number of hydrogen-bond acceptors (Lipinski definition) is 5. The van der Waals surface area contributed by atoms with Crippen LogP contribution in [-0.4, -0.2) is 90.5 Å². The van der Waals surface area contributed by atoms with Crippen LogP contribution in [0.1, 0.15) is 12.8 Å². The van der Waals surface area contributed by atoms with Gasteiger partial charge in [-0.25, -0.2) is 4.79 Å². The fraction of sp³-hybridized carbons (Fsp3) is 0.500. The number of carbonyl (C=O) groups is 3. The maximum absolute atomic E-state index is 10.7. The van der Waals surface area contributed by atoms with E-state index in [2.05, 4.69) is 4.43 Å². The number of carboxylic acids is 3. The van der Waals surface area contributed by atoms with Crippen molar-refractivity contribution in [2.75, 3.05) is 0 Å². The van der Waals surface area contributed by atoms with E-state index in [1.54, 1.807) is 0 Å². The summed E-state index contributed by atoms with van der Waals surface area (Å²) in [7, 11) is -3.78. The first-order chi connectivity index (χ1) is 7.19. The van der Waals surface area contributed by atoms with Crippen LogP contribution < -0.4 is 0 Å². The zero-order valence-corrected chi connectivity index (χ0v) is 8.74. The summed E-state index contributed by atoms with van der Waals surface area (Å²) in [6, 6.07) is 0. The van der Waals surface area contributed by atoms with E-state index in [9.17, 15) is 18.8 Å². The molecule has 0 aliphatic heterocycles. The second-order valence-electron chi connectivity index (χ2n) is 2.81. The summed E-state index contributed by atoms with van der Waals surface area (Å²) in [5.41, 5.74) is -2.73. The third kappa shape index (κ3) is 6.56. The first kappa shape index (κ1) is 18.6. The normalized spacial score (nSPS) is 9.88. The summed E-state index contributed by atoms with van der Waals surface area (Å²) < 4.78 is 14.5. The Morgan fingerprint density at radius 2 is 1.41 bits per heavy atom. The molecule has 0 unspecified atom stereocenters. The Kier molecular flexibility index (Phi) is 8.32. The molecule has 11 heteroatoms. The Morgan fingerprint density at radius 3 is 1.59 bits per heavy atom. The maximum atomic E-state index is 10.7. The molecule has 0 bridgehead atoms. The standard InChI is InChI=1S/C6H8O9Si.Ca.2H/c7-3(8)1-6(5(11)12,2-4(9)10)15-16(13)14;;;/h13H,1-2H2,(H,7,8)(H,9,10)(H,11,12);;;. The Balaban J connectivity index is 0. The van der Waals surface area contributed by atoms with Crippen molar-refractivity contribution in [2.24, 2.45) is 0 Å². The minimum atomic E-state index is -3.78. The molecule has 0 spiro atoms. The molecule has 0 atom stereocenters. The Morgan fingerprint density at radius 1 is 1.06 bits per heavy atom. The van der Waals surface area contributed by atoms with E-state index in [1.165, 1.54) is 0 Å². The van der Waals surface area contributed by atoms with Crippen molar-refractivity contribution in [3.8, 4) is 0 Å². The zero-order chi connectivity index (χ0) is 12.9. The van der Waals surface area contributed by atoms with E-state index in [0.29, 0.717) is 0 Å².